The third-order valence-electron chi connectivity index (χ3n) is 5.97. The van der Waals surface area contributed by atoms with Gasteiger partial charge in [0.25, 0.3) is 0 Å². The van der Waals surface area contributed by atoms with Crippen LogP contribution in [-0.2, 0) is 9.53 Å². The van der Waals surface area contributed by atoms with E-state index in [4.69, 9.17) is 4.74 Å². The van der Waals surface area contributed by atoms with Crippen molar-refractivity contribution in [1.82, 2.24) is 0 Å². The average molecular weight is 491 g/mol. The van der Waals surface area contributed by atoms with Gasteiger partial charge in [-0.1, -0.05) is 110 Å². The van der Waals surface area contributed by atoms with Crippen LogP contribution in [0.1, 0.15) is 116 Å². The average Bonchev–Trinajstić information content (AvgIpc) is 2.70. The largest absolute Gasteiger partial charge is 1.00 e. The monoisotopic (exact) mass is 489 g/mol. The van der Waals surface area contributed by atoms with E-state index in [1.165, 1.54) is 115 Å². The van der Waals surface area contributed by atoms with E-state index in [0.717, 1.165) is 17.6 Å². The van der Waals surface area contributed by atoms with Crippen molar-refractivity contribution in [2.75, 3.05) is 33.8 Å². The summed E-state index contributed by atoms with van der Waals surface area (Å²) >= 11 is 0. The maximum absolute atomic E-state index is 11.1. The Balaban J connectivity index is 0. The molecule has 0 heterocycles. The molecule has 0 amide bonds. The zero-order valence-electron chi connectivity index (χ0n) is 20.6. The van der Waals surface area contributed by atoms with Crippen molar-refractivity contribution in [3.05, 3.63) is 12.7 Å². The number of hydrogen-bond donors (Lipinski definition) is 0. The number of halogens is 1. The van der Waals surface area contributed by atoms with Crippen molar-refractivity contribution < 1.29 is 31.0 Å². The highest BCUT2D eigenvalue weighted by Crippen LogP contribution is 2.14. The fourth-order valence-electron chi connectivity index (χ4n) is 3.83. The van der Waals surface area contributed by atoms with Crippen LogP contribution in [0.15, 0.2) is 12.7 Å². The van der Waals surface area contributed by atoms with E-state index in [2.05, 4.69) is 27.6 Å². The highest BCUT2D eigenvalue weighted by atomic mass is 79.9. The van der Waals surface area contributed by atoms with Crippen molar-refractivity contribution in [3.8, 4) is 0 Å². The first-order valence-electron chi connectivity index (χ1n) is 12.6. The molecule has 0 radical (unpaired) electrons. The lowest BCUT2D eigenvalue weighted by Crippen LogP contribution is -3.00. The van der Waals surface area contributed by atoms with E-state index in [9.17, 15) is 4.79 Å². The van der Waals surface area contributed by atoms with Crippen molar-refractivity contribution in [3.63, 3.8) is 0 Å². The summed E-state index contributed by atoms with van der Waals surface area (Å²) in [5.74, 6) is -0.317. The number of quaternary nitrogens is 1. The summed E-state index contributed by atoms with van der Waals surface area (Å²) in [4.78, 5) is 11.1. The molecule has 30 heavy (non-hydrogen) atoms. The molecule has 0 N–H and O–H groups in total. The van der Waals surface area contributed by atoms with Crippen molar-refractivity contribution in [2.45, 2.75) is 116 Å². The first kappa shape index (κ1) is 31.8. The number of rotatable bonds is 22. The zero-order chi connectivity index (χ0) is 21.6. The van der Waals surface area contributed by atoms with Gasteiger partial charge in [-0.25, -0.2) is 4.79 Å². The van der Waals surface area contributed by atoms with Crippen LogP contribution < -0.4 is 17.0 Å². The predicted molar refractivity (Wildman–Crippen MR) is 127 cm³/mol. The van der Waals surface area contributed by atoms with Gasteiger partial charge in [0.15, 0.2) is 0 Å². The molecule has 0 saturated carbocycles. The maximum atomic E-state index is 11.1. The van der Waals surface area contributed by atoms with Crippen molar-refractivity contribution in [2.24, 2.45) is 0 Å². The molecule has 0 bridgehead atoms. The van der Waals surface area contributed by atoms with E-state index < -0.39 is 0 Å². The molecule has 0 aliphatic rings. The topological polar surface area (TPSA) is 26.3 Å². The minimum absolute atomic E-state index is 0. The fraction of sp³-hybridized carbons (Fsp3) is 0.885. The molecule has 0 aromatic heterocycles. The van der Waals surface area contributed by atoms with Crippen LogP contribution in [-0.4, -0.2) is 44.2 Å². The smallest absolute Gasteiger partial charge is 0.330 e. The van der Waals surface area contributed by atoms with Gasteiger partial charge in [0, 0.05) is 6.08 Å². The number of nitrogens with zero attached hydrogens (tertiary/aromatic N) is 1. The SMILES string of the molecule is C=CC(=O)OCC[N+](C)(C)CCCCCCCCCCCCCCCCCCC.[Br-]. The van der Waals surface area contributed by atoms with Gasteiger partial charge < -0.3 is 26.2 Å². The van der Waals surface area contributed by atoms with Gasteiger partial charge >= 0.3 is 5.97 Å². The molecular formula is C26H52BrNO2. The fourth-order valence-corrected chi connectivity index (χ4v) is 3.83. The number of hydrogen-bond acceptors (Lipinski definition) is 2. The number of unbranched alkanes of at least 4 members (excludes halogenated alkanes) is 16. The van der Waals surface area contributed by atoms with Gasteiger partial charge in [-0.05, 0) is 12.8 Å². The van der Waals surface area contributed by atoms with Crippen LogP contribution in [0.2, 0.25) is 0 Å². The third kappa shape index (κ3) is 23.9. The molecule has 0 saturated heterocycles. The second kappa shape index (κ2) is 23.3. The standard InChI is InChI=1S/C26H52NO2.BrH/c1-5-7-8-9-10-11-12-13-14-15-16-17-18-19-20-21-22-23-27(3,4)24-25-29-26(28)6-2;/h6H,2,5,7-25H2,1,3-4H3;1H/q+1;/p-1. The van der Waals surface area contributed by atoms with E-state index in [-0.39, 0.29) is 23.0 Å². The van der Waals surface area contributed by atoms with Crippen LogP contribution in [0.25, 0.3) is 0 Å². The molecule has 4 heteroatoms. The first-order chi connectivity index (χ1) is 14.0. The molecule has 0 atom stereocenters. The Bertz CT molecular complexity index is 385. The number of carbonyl (C=O) groups excluding carboxylic acids is 1. The quantitative estimate of drug-likeness (QED) is 0.0971. The predicted octanol–water partition coefficient (Wildman–Crippen LogP) is 4.45. The zero-order valence-corrected chi connectivity index (χ0v) is 22.2. The molecule has 3 nitrogen and oxygen atoms in total. The lowest BCUT2D eigenvalue weighted by Gasteiger charge is -2.29. The minimum Gasteiger partial charge on any atom is -1.00 e. The van der Waals surface area contributed by atoms with Crippen molar-refractivity contribution in [1.29, 1.82) is 0 Å². The van der Waals surface area contributed by atoms with E-state index in [0.29, 0.717) is 6.61 Å². The lowest BCUT2D eigenvalue weighted by atomic mass is 10.0. The second-order valence-electron chi connectivity index (χ2n) is 9.41. The van der Waals surface area contributed by atoms with Crippen LogP contribution in [0.5, 0.6) is 0 Å². The van der Waals surface area contributed by atoms with E-state index in [1.54, 1.807) is 0 Å². The molecule has 0 unspecified atom stereocenters. The highest BCUT2D eigenvalue weighted by Gasteiger charge is 2.14. The Kier molecular flexibility index (Phi) is 24.7. The third-order valence-corrected chi connectivity index (χ3v) is 5.97. The van der Waals surface area contributed by atoms with Gasteiger partial charge in [0.1, 0.15) is 13.2 Å². The normalized spacial score (nSPS) is 11.2. The molecule has 180 valence electrons. The lowest BCUT2D eigenvalue weighted by molar-refractivity contribution is -0.890. The number of ether oxygens (including phenoxy) is 1. The molecule has 0 rings (SSSR count). The molecule has 0 aliphatic carbocycles. The summed E-state index contributed by atoms with van der Waals surface area (Å²) in [7, 11) is 4.43. The Labute approximate surface area is 199 Å². The van der Waals surface area contributed by atoms with E-state index in [1.807, 2.05) is 0 Å². The number of esters is 1. The summed E-state index contributed by atoms with van der Waals surface area (Å²) in [5, 5.41) is 0. The van der Waals surface area contributed by atoms with Gasteiger partial charge in [-0.2, -0.15) is 0 Å². The Hall–Kier alpha value is -0.350. The molecule has 0 fully saturated rings. The Morgan fingerprint density at radius 2 is 1.07 bits per heavy atom. The molecule has 0 aromatic rings. The maximum Gasteiger partial charge on any atom is 0.330 e. The summed E-state index contributed by atoms with van der Waals surface area (Å²) < 4.78 is 6.01. The van der Waals surface area contributed by atoms with Gasteiger partial charge in [0.05, 0.1) is 20.6 Å². The summed E-state index contributed by atoms with van der Waals surface area (Å²) in [6.07, 6.45) is 25.2. The Morgan fingerprint density at radius 1 is 0.700 bits per heavy atom. The minimum atomic E-state index is -0.317. The molecule has 0 aliphatic heterocycles. The van der Waals surface area contributed by atoms with Crippen LogP contribution >= 0.6 is 0 Å². The number of carbonyl (C=O) groups is 1. The first-order valence-corrected chi connectivity index (χ1v) is 12.6. The molecule has 0 spiro atoms. The van der Waals surface area contributed by atoms with Crippen LogP contribution in [0.3, 0.4) is 0 Å². The Morgan fingerprint density at radius 3 is 1.43 bits per heavy atom. The van der Waals surface area contributed by atoms with Crippen molar-refractivity contribution >= 4 is 5.97 Å². The van der Waals surface area contributed by atoms with Crippen LogP contribution in [0, 0.1) is 0 Å². The number of likely N-dealkylation sites (N-methyl/N-ethyl adjacent to an activating group) is 1. The summed E-state index contributed by atoms with van der Waals surface area (Å²) in [6, 6.07) is 0. The highest BCUT2D eigenvalue weighted by molar-refractivity contribution is 5.81. The second-order valence-corrected chi connectivity index (χ2v) is 9.41. The van der Waals surface area contributed by atoms with Crippen LogP contribution in [0.4, 0.5) is 0 Å². The van der Waals surface area contributed by atoms with E-state index >= 15 is 0 Å². The van der Waals surface area contributed by atoms with Gasteiger partial charge in [-0.15, -0.1) is 0 Å². The van der Waals surface area contributed by atoms with Gasteiger partial charge in [-0.3, -0.25) is 0 Å². The van der Waals surface area contributed by atoms with Gasteiger partial charge in [0.2, 0.25) is 0 Å². The summed E-state index contributed by atoms with van der Waals surface area (Å²) in [5.41, 5.74) is 0. The summed E-state index contributed by atoms with van der Waals surface area (Å²) in [6.45, 7) is 8.22. The molecular weight excluding hydrogens is 438 g/mol. The molecule has 0 aromatic carbocycles.